The molecule has 0 spiro atoms. The summed E-state index contributed by atoms with van der Waals surface area (Å²) in [5, 5.41) is 74.7. The molecule has 21 N–H and O–H groups in total. The second-order valence-corrected chi connectivity index (χ2v) is 23.7. The van der Waals surface area contributed by atoms with E-state index in [4.69, 9.17) is 22.3 Å². The summed E-state index contributed by atoms with van der Waals surface area (Å²) in [5.74, 6) is -14.0. The molecule has 0 radical (unpaired) electrons. The van der Waals surface area contributed by atoms with Gasteiger partial charge in [-0.05, 0) is 106 Å². The van der Waals surface area contributed by atoms with E-state index in [0.29, 0.717) is 29.7 Å². The lowest BCUT2D eigenvalue weighted by molar-refractivity contribution is -0.142. The minimum Gasteiger partial charge on any atom is -0.508 e. The highest BCUT2D eigenvalue weighted by Gasteiger charge is 2.38. The number of aliphatic hydroxyl groups is 2. The largest absolute Gasteiger partial charge is 0.508 e. The fraction of sp³-hybridized carbons (Fsp3) is 0.583. The number of carbonyl (C=O) groups excluding carboxylic acids is 11. The van der Waals surface area contributed by atoms with Gasteiger partial charge in [0.05, 0.1) is 25.2 Å². The van der Waals surface area contributed by atoms with E-state index in [1.165, 1.54) is 43.0 Å². The number of carboxylic acid groups (broad SMARTS) is 2. The summed E-state index contributed by atoms with van der Waals surface area (Å²) in [7, 11) is 0. The van der Waals surface area contributed by atoms with Crippen molar-refractivity contribution in [3.8, 4) is 5.75 Å². The Hall–Kier alpha value is -8.46. The van der Waals surface area contributed by atoms with Crippen LogP contribution in [0.4, 0.5) is 0 Å². The number of aliphatic carboxylic acids is 2. The van der Waals surface area contributed by atoms with E-state index in [-0.39, 0.29) is 56.7 Å². The number of thioether (sulfide) groups is 1. The lowest BCUT2D eigenvalue weighted by Gasteiger charge is -2.29. The molecule has 11 amide bonds. The summed E-state index contributed by atoms with van der Waals surface area (Å²) in [6, 6.07) is -3.05. The molecule has 0 unspecified atom stereocenters. The third-order valence-corrected chi connectivity index (χ3v) is 15.2. The second-order valence-electron chi connectivity index (χ2n) is 22.7. The van der Waals surface area contributed by atoms with Gasteiger partial charge in [-0.1, -0.05) is 76.6 Å². The highest BCUT2D eigenvalue weighted by molar-refractivity contribution is 7.98. The fourth-order valence-electron chi connectivity index (χ4n) is 9.04. The number of rotatable bonds is 43. The van der Waals surface area contributed by atoms with Crippen LogP contribution in [0.2, 0.25) is 0 Å². The van der Waals surface area contributed by atoms with E-state index in [1.807, 2.05) is 0 Å². The van der Waals surface area contributed by atoms with Crippen LogP contribution in [0.1, 0.15) is 110 Å². The first-order chi connectivity index (χ1) is 43.3. The highest BCUT2D eigenvalue weighted by Crippen LogP contribution is 2.16. The summed E-state index contributed by atoms with van der Waals surface area (Å²) < 4.78 is 0. The van der Waals surface area contributed by atoms with Crippen molar-refractivity contribution in [3.63, 3.8) is 0 Å². The Morgan fingerprint density at radius 3 is 1.48 bits per heavy atom. The molecule has 2 aromatic rings. The van der Waals surface area contributed by atoms with Gasteiger partial charge in [-0.3, -0.25) is 57.5 Å². The fourth-order valence-corrected chi connectivity index (χ4v) is 9.51. The molecule has 0 heterocycles. The van der Waals surface area contributed by atoms with Crippen LogP contribution < -0.4 is 70.4 Å². The van der Waals surface area contributed by atoms with E-state index >= 15 is 0 Å². The van der Waals surface area contributed by atoms with Crippen LogP contribution in [0, 0.1) is 11.8 Å². The number of aliphatic hydroxyl groups excluding tert-OH is 2. The molecule has 2 rings (SSSR count). The minimum absolute atomic E-state index is 0.00187. The van der Waals surface area contributed by atoms with Crippen molar-refractivity contribution >= 4 is 88.7 Å². The lowest BCUT2D eigenvalue weighted by atomic mass is 9.97. The van der Waals surface area contributed by atoms with Crippen molar-refractivity contribution in [2.75, 3.05) is 25.2 Å². The third kappa shape index (κ3) is 28.8. The Balaban J connectivity index is 2.57. The van der Waals surface area contributed by atoms with Crippen molar-refractivity contribution < 1.29 is 87.9 Å². The van der Waals surface area contributed by atoms with Crippen LogP contribution in [0.3, 0.4) is 0 Å². The zero-order valence-electron chi connectivity index (χ0n) is 52.9. The number of unbranched alkanes of at least 4 members (excludes halogenated alkanes) is 1. The minimum atomic E-state index is -1.88. The molecule has 0 aliphatic rings. The first-order valence-corrected chi connectivity index (χ1v) is 31.6. The van der Waals surface area contributed by atoms with Gasteiger partial charge in [-0.15, -0.1) is 0 Å². The Kier molecular flexibility index (Phi) is 35.6. The lowest BCUT2D eigenvalue weighted by Crippen LogP contribution is -2.63. The smallest absolute Gasteiger partial charge is 0.326 e. The molecule has 13 atom stereocenters. The molecule has 0 aliphatic heterocycles. The molecule has 0 aliphatic carbocycles. The van der Waals surface area contributed by atoms with Crippen molar-refractivity contribution in [3.05, 3.63) is 65.7 Å². The Bertz CT molecular complexity index is 2800. The summed E-state index contributed by atoms with van der Waals surface area (Å²) in [6.45, 7) is 8.29. The number of phenolic OH excluding ortho intramolecular Hbond substituents is 1. The predicted molar refractivity (Wildman–Crippen MR) is 337 cm³/mol. The number of phenols is 1. The maximum Gasteiger partial charge on any atom is 0.326 e. The number of benzene rings is 2. The number of carboxylic acids is 2. The first-order valence-electron chi connectivity index (χ1n) is 30.2. The number of hydrogen-bond acceptors (Lipinski definition) is 19. The highest BCUT2D eigenvalue weighted by atomic mass is 32.2. The second kappa shape index (κ2) is 41.1. The molecule has 0 saturated carbocycles. The van der Waals surface area contributed by atoms with Gasteiger partial charge < -0.3 is 95.9 Å². The van der Waals surface area contributed by atoms with Crippen molar-refractivity contribution in [1.82, 2.24) is 53.2 Å². The molecule has 0 aromatic heterocycles. The number of aromatic hydroxyl groups is 1. The van der Waals surface area contributed by atoms with Gasteiger partial charge >= 0.3 is 11.9 Å². The summed E-state index contributed by atoms with van der Waals surface area (Å²) in [4.78, 5) is 175. The van der Waals surface area contributed by atoms with Crippen LogP contribution in [-0.2, 0) is 75.2 Å². The van der Waals surface area contributed by atoms with E-state index in [0.717, 1.165) is 6.92 Å². The Morgan fingerprint density at radius 1 is 0.533 bits per heavy atom. The van der Waals surface area contributed by atoms with Gasteiger partial charge in [0, 0.05) is 19.3 Å². The molecule has 31 nitrogen and oxygen atoms in total. The number of nitrogens with one attached hydrogen (secondary N) is 10. The van der Waals surface area contributed by atoms with Gasteiger partial charge in [0.1, 0.15) is 66.2 Å². The molecule has 0 saturated heterocycles. The topological polar surface area (TPSA) is 521 Å². The van der Waals surface area contributed by atoms with Crippen LogP contribution in [0.15, 0.2) is 54.6 Å². The molecular formula is C60H93N13O18S. The number of nitrogens with two attached hydrogens (primary N) is 3. The number of amides is 11. The van der Waals surface area contributed by atoms with Crippen LogP contribution in [0.5, 0.6) is 5.75 Å². The van der Waals surface area contributed by atoms with Crippen molar-refractivity contribution in [2.24, 2.45) is 29.0 Å². The standard InChI is InChI=1S/C60H93N13O18S/c1-8-32(4)48(72-51(81)38(62)29-47(78)79)58(88)71-45(30-74)57(87)73-49(34(6)75)59(89)67-39(16-12-13-24-61)53(83)68-43(28-36-17-19-37(76)20-18-36)56(86)69-42(27-35-14-10-9-11-15-35)55(85)65-40(21-22-46(63)77)54(84)66-41(23-25-92-7)52(82)64-33(5)50(80)70-44(60(90)91)26-31(2)3/h9-11,14-15,17-20,31-34,38-45,48-49,74-76H,8,12-13,16,21-30,61-62H2,1-7H3,(H2,63,77)(H,64,82)(H,65,85)(H,66,84)(H,67,89)(H,68,83)(H,69,86)(H,70,80)(H,71,88)(H,72,81)(H,73,87)(H,78,79)(H,90,91)/t32-,33-,34+,38-,39-,40-,41-,42-,43-,44-,45-,48-,49-/m0/s1. The van der Waals surface area contributed by atoms with Gasteiger partial charge in [-0.2, -0.15) is 11.8 Å². The van der Waals surface area contributed by atoms with Crippen LogP contribution >= 0.6 is 11.8 Å². The van der Waals surface area contributed by atoms with Gasteiger partial charge in [0.25, 0.3) is 0 Å². The monoisotopic (exact) mass is 1320 g/mol. The molecule has 92 heavy (non-hydrogen) atoms. The van der Waals surface area contributed by atoms with Crippen LogP contribution in [-0.4, -0.2) is 200 Å². The summed E-state index contributed by atoms with van der Waals surface area (Å²) in [6.07, 6.45) is -1.42. The number of carbonyl (C=O) groups is 13. The number of primary amides is 1. The van der Waals surface area contributed by atoms with Gasteiger partial charge in [0.2, 0.25) is 65.0 Å². The SMILES string of the molecule is CC[C@H](C)[C@H](NC(=O)[C@@H](N)CC(=O)O)C(=O)N[C@@H](CO)C(=O)N[C@H](C(=O)N[C@@H](CCCCN)C(=O)N[C@@H](Cc1ccc(O)cc1)C(=O)N[C@@H](Cc1ccccc1)C(=O)N[C@@H](CCC(N)=O)C(=O)N[C@@H](CCSC)C(=O)N[C@@H](C)C(=O)N[C@@H](CC(C)C)C(=O)O)[C@@H](C)O. The molecule has 0 bridgehead atoms. The normalized spacial score (nSPS) is 15.4. The predicted octanol–water partition coefficient (Wildman–Crippen LogP) is -3.46. The molecular weight excluding hydrogens is 1220 g/mol. The Labute approximate surface area is 538 Å². The van der Waals surface area contributed by atoms with Crippen LogP contribution in [0.25, 0.3) is 0 Å². The Morgan fingerprint density at radius 2 is 0.989 bits per heavy atom. The van der Waals surface area contributed by atoms with Gasteiger partial charge in [0.15, 0.2) is 0 Å². The number of hydrogen-bond donors (Lipinski definition) is 18. The van der Waals surface area contributed by atoms with E-state index < -0.39 is 181 Å². The summed E-state index contributed by atoms with van der Waals surface area (Å²) in [5.41, 5.74) is 17.8. The first kappa shape index (κ1) is 79.6. The molecule has 2 aromatic carbocycles. The molecule has 0 fully saturated rings. The average molecular weight is 1320 g/mol. The van der Waals surface area contributed by atoms with Crippen molar-refractivity contribution in [2.45, 2.75) is 185 Å². The van der Waals surface area contributed by atoms with Gasteiger partial charge in [-0.25, -0.2) is 4.79 Å². The summed E-state index contributed by atoms with van der Waals surface area (Å²) >= 11 is 1.32. The van der Waals surface area contributed by atoms with Crippen molar-refractivity contribution in [1.29, 1.82) is 0 Å². The molecule has 512 valence electrons. The maximum absolute atomic E-state index is 14.8. The zero-order valence-corrected chi connectivity index (χ0v) is 53.7. The van der Waals surface area contributed by atoms with E-state index in [1.54, 1.807) is 64.3 Å². The average Bonchev–Trinajstić information content (AvgIpc) is 1.30. The zero-order chi connectivity index (χ0) is 69.4. The van der Waals surface area contributed by atoms with E-state index in [9.17, 15) is 82.8 Å². The quantitative estimate of drug-likeness (QED) is 0.0287. The maximum atomic E-state index is 14.8. The molecule has 32 heteroatoms. The van der Waals surface area contributed by atoms with E-state index in [2.05, 4.69) is 53.2 Å². The third-order valence-electron chi connectivity index (χ3n) is 14.5.